The summed E-state index contributed by atoms with van der Waals surface area (Å²) < 4.78 is 13.3. The van der Waals surface area contributed by atoms with Crippen LogP contribution in [0.2, 0.25) is 5.02 Å². The number of aliphatic carboxylic acids is 2. The van der Waals surface area contributed by atoms with Gasteiger partial charge in [0.25, 0.3) is 0 Å². The standard InChI is InChI=1S/C18H20ClFN2O4S/c1-9(2)5-14(17(23)24)22-15(18(25)26)7-11-8-27-16(21-11)10-3-4-13(20)12(19)6-10/h3-4,6,8-9,14-15,22H,5,7H2,1-2H3,(H,23,24)(H,25,26)/t14-,15-/m0/s1. The topological polar surface area (TPSA) is 99.5 Å². The van der Waals surface area contributed by atoms with Crippen LogP contribution in [0.4, 0.5) is 4.39 Å². The van der Waals surface area contributed by atoms with Crippen LogP contribution in [0.15, 0.2) is 23.6 Å². The molecule has 1 heterocycles. The number of hydrogen-bond donors (Lipinski definition) is 3. The Kier molecular flexibility index (Phi) is 7.29. The predicted molar refractivity (Wildman–Crippen MR) is 102 cm³/mol. The second-order valence-corrected chi connectivity index (χ2v) is 7.82. The zero-order valence-corrected chi connectivity index (χ0v) is 16.4. The first-order valence-corrected chi connectivity index (χ1v) is 9.54. The van der Waals surface area contributed by atoms with E-state index < -0.39 is 29.8 Å². The molecular weight excluding hydrogens is 395 g/mol. The van der Waals surface area contributed by atoms with Crippen LogP contribution in [0.3, 0.4) is 0 Å². The van der Waals surface area contributed by atoms with Gasteiger partial charge < -0.3 is 10.2 Å². The fraction of sp³-hybridized carbons (Fsp3) is 0.389. The van der Waals surface area contributed by atoms with E-state index in [1.54, 1.807) is 11.4 Å². The van der Waals surface area contributed by atoms with Crippen LogP contribution in [-0.2, 0) is 16.0 Å². The molecule has 0 amide bonds. The Hall–Kier alpha value is -2.03. The van der Waals surface area contributed by atoms with Crippen LogP contribution in [0.25, 0.3) is 10.6 Å². The minimum absolute atomic E-state index is 0.0210. The van der Waals surface area contributed by atoms with Crippen molar-refractivity contribution < 1.29 is 24.2 Å². The summed E-state index contributed by atoms with van der Waals surface area (Å²) in [6, 6.07) is 2.19. The first-order valence-electron chi connectivity index (χ1n) is 8.28. The van der Waals surface area contributed by atoms with Gasteiger partial charge in [0, 0.05) is 17.4 Å². The van der Waals surface area contributed by atoms with Crippen LogP contribution in [0, 0.1) is 11.7 Å². The first kappa shape index (κ1) is 21.3. The molecule has 9 heteroatoms. The van der Waals surface area contributed by atoms with E-state index in [0.717, 1.165) is 0 Å². The number of halogens is 2. The van der Waals surface area contributed by atoms with Crippen molar-refractivity contribution in [1.29, 1.82) is 0 Å². The predicted octanol–water partition coefficient (Wildman–Crippen LogP) is 3.69. The van der Waals surface area contributed by atoms with Gasteiger partial charge in [0.1, 0.15) is 22.9 Å². The summed E-state index contributed by atoms with van der Waals surface area (Å²) in [6.45, 7) is 3.74. The van der Waals surface area contributed by atoms with Crippen molar-refractivity contribution in [2.75, 3.05) is 0 Å². The Labute approximate surface area is 165 Å². The molecule has 0 spiro atoms. The number of thiazole rings is 1. The highest BCUT2D eigenvalue weighted by Crippen LogP contribution is 2.28. The maximum absolute atomic E-state index is 13.3. The molecule has 0 aliphatic carbocycles. The molecule has 1 aromatic heterocycles. The summed E-state index contributed by atoms with van der Waals surface area (Å²) in [4.78, 5) is 27.3. The first-order chi connectivity index (χ1) is 12.7. The van der Waals surface area contributed by atoms with Crippen molar-refractivity contribution in [1.82, 2.24) is 10.3 Å². The van der Waals surface area contributed by atoms with E-state index in [0.29, 0.717) is 22.7 Å². The minimum atomic E-state index is -1.15. The molecule has 0 fully saturated rings. The summed E-state index contributed by atoms with van der Waals surface area (Å²) in [7, 11) is 0. The third-order valence-electron chi connectivity index (χ3n) is 3.84. The zero-order chi connectivity index (χ0) is 20.1. The Morgan fingerprint density at radius 1 is 1.26 bits per heavy atom. The van der Waals surface area contributed by atoms with Crippen LogP contribution >= 0.6 is 22.9 Å². The molecule has 3 N–H and O–H groups in total. The minimum Gasteiger partial charge on any atom is -0.480 e. The summed E-state index contributed by atoms with van der Waals surface area (Å²) in [5.74, 6) is -2.67. The van der Waals surface area contributed by atoms with Crippen LogP contribution in [0.1, 0.15) is 26.0 Å². The summed E-state index contributed by atoms with van der Waals surface area (Å²) in [5.41, 5.74) is 1.13. The van der Waals surface area contributed by atoms with Gasteiger partial charge >= 0.3 is 11.9 Å². The van der Waals surface area contributed by atoms with Gasteiger partial charge in [-0.25, -0.2) is 9.37 Å². The van der Waals surface area contributed by atoms with Crippen molar-refractivity contribution in [3.05, 3.63) is 40.1 Å². The molecule has 0 aliphatic rings. The van der Waals surface area contributed by atoms with E-state index >= 15 is 0 Å². The quantitative estimate of drug-likeness (QED) is 0.578. The molecule has 0 radical (unpaired) electrons. The van der Waals surface area contributed by atoms with Crippen molar-refractivity contribution in [3.8, 4) is 10.6 Å². The molecular formula is C18H20ClFN2O4S. The summed E-state index contributed by atoms with van der Waals surface area (Å²) >= 11 is 7.06. The molecule has 2 aromatic rings. The number of nitrogens with one attached hydrogen (secondary N) is 1. The number of carbonyl (C=O) groups is 2. The van der Waals surface area contributed by atoms with Crippen molar-refractivity contribution >= 4 is 34.9 Å². The number of aromatic nitrogens is 1. The third-order valence-corrected chi connectivity index (χ3v) is 5.07. The van der Waals surface area contributed by atoms with Gasteiger partial charge in [-0.3, -0.25) is 14.9 Å². The molecule has 27 heavy (non-hydrogen) atoms. The highest BCUT2D eigenvalue weighted by Gasteiger charge is 2.27. The van der Waals surface area contributed by atoms with E-state index in [9.17, 15) is 24.2 Å². The largest absolute Gasteiger partial charge is 0.480 e. The average Bonchev–Trinajstić information content (AvgIpc) is 3.04. The van der Waals surface area contributed by atoms with Crippen molar-refractivity contribution in [2.45, 2.75) is 38.8 Å². The number of nitrogens with zero attached hydrogens (tertiary/aromatic N) is 1. The summed E-state index contributed by atoms with van der Waals surface area (Å²) in [6.07, 6.45) is 0.345. The Morgan fingerprint density at radius 2 is 1.93 bits per heavy atom. The molecule has 146 valence electrons. The van der Waals surface area contributed by atoms with Gasteiger partial charge in [0.05, 0.1) is 10.7 Å². The van der Waals surface area contributed by atoms with Crippen LogP contribution in [0.5, 0.6) is 0 Å². The van der Waals surface area contributed by atoms with Gasteiger partial charge in [-0.2, -0.15) is 0 Å². The monoisotopic (exact) mass is 414 g/mol. The van der Waals surface area contributed by atoms with Gasteiger partial charge in [0.15, 0.2) is 0 Å². The Morgan fingerprint density at radius 3 is 2.48 bits per heavy atom. The van der Waals surface area contributed by atoms with E-state index in [-0.39, 0.29) is 17.4 Å². The van der Waals surface area contributed by atoms with Crippen LogP contribution in [-0.4, -0.2) is 39.2 Å². The van der Waals surface area contributed by atoms with Gasteiger partial charge in [-0.15, -0.1) is 11.3 Å². The smallest absolute Gasteiger partial charge is 0.321 e. The second kappa shape index (κ2) is 9.25. The third kappa shape index (κ3) is 5.98. The number of benzene rings is 1. The summed E-state index contributed by atoms with van der Waals surface area (Å²) in [5, 5.41) is 23.7. The van der Waals surface area contributed by atoms with Crippen molar-refractivity contribution in [2.24, 2.45) is 5.92 Å². The maximum atomic E-state index is 13.3. The highest BCUT2D eigenvalue weighted by atomic mass is 35.5. The number of hydrogen-bond acceptors (Lipinski definition) is 5. The molecule has 2 atom stereocenters. The Bertz CT molecular complexity index is 827. The normalized spacial score (nSPS) is 13.5. The van der Waals surface area contributed by atoms with E-state index in [1.165, 1.54) is 23.5 Å². The lowest BCUT2D eigenvalue weighted by molar-refractivity contribution is -0.142. The second-order valence-electron chi connectivity index (χ2n) is 6.55. The Balaban J connectivity index is 2.15. The fourth-order valence-corrected chi connectivity index (χ4v) is 3.55. The molecule has 0 saturated carbocycles. The highest BCUT2D eigenvalue weighted by molar-refractivity contribution is 7.13. The lowest BCUT2D eigenvalue weighted by atomic mass is 10.0. The molecule has 0 unspecified atom stereocenters. The zero-order valence-electron chi connectivity index (χ0n) is 14.8. The average molecular weight is 415 g/mol. The molecule has 6 nitrogen and oxygen atoms in total. The molecule has 2 rings (SSSR count). The lowest BCUT2D eigenvalue weighted by Crippen LogP contribution is -2.48. The number of carboxylic acids is 2. The van der Waals surface area contributed by atoms with Gasteiger partial charge in [0.2, 0.25) is 0 Å². The van der Waals surface area contributed by atoms with Gasteiger partial charge in [-0.1, -0.05) is 25.4 Å². The number of carboxylic acid groups (broad SMARTS) is 2. The molecule has 0 aliphatic heterocycles. The van der Waals surface area contributed by atoms with Crippen molar-refractivity contribution in [3.63, 3.8) is 0 Å². The fourth-order valence-electron chi connectivity index (χ4n) is 2.54. The van der Waals surface area contributed by atoms with E-state index in [2.05, 4.69) is 10.3 Å². The van der Waals surface area contributed by atoms with Crippen LogP contribution < -0.4 is 5.32 Å². The van der Waals surface area contributed by atoms with E-state index in [4.69, 9.17) is 11.6 Å². The maximum Gasteiger partial charge on any atom is 0.321 e. The lowest BCUT2D eigenvalue weighted by Gasteiger charge is -2.21. The van der Waals surface area contributed by atoms with Gasteiger partial charge in [-0.05, 0) is 30.5 Å². The molecule has 0 bridgehead atoms. The SMILES string of the molecule is CC(C)C[C@H](N[C@@H](Cc1csc(-c2ccc(F)c(Cl)c2)n1)C(=O)O)C(=O)O. The molecule has 1 aromatic carbocycles. The van der Waals surface area contributed by atoms with E-state index in [1.807, 2.05) is 13.8 Å². The molecule has 0 saturated heterocycles. The number of rotatable bonds is 9.